The molecule has 0 amide bonds. The van der Waals surface area contributed by atoms with Crippen molar-refractivity contribution in [3.05, 3.63) is 11.4 Å². The molecule has 0 aromatic rings. The molecule has 0 unspecified atom stereocenters. The Hall–Kier alpha value is -0.700. The predicted molar refractivity (Wildman–Crippen MR) is 44.1 cm³/mol. The van der Waals surface area contributed by atoms with Crippen molar-refractivity contribution >= 4 is 0 Å². The zero-order chi connectivity index (χ0) is 8.01. The van der Waals surface area contributed by atoms with Gasteiger partial charge >= 0.3 is 0 Å². The van der Waals surface area contributed by atoms with E-state index >= 15 is 0 Å². The second kappa shape index (κ2) is 2.14. The fourth-order valence-electron chi connectivity index (χ4n) is 1.42. The lowest BCUT2D eigenvalue weighted by Gasteiger charge is -2.21. The highest BCUT2D eigenvalue weighted by atomic mass is 15.8. The van der Waals surface area contributed by atoms with Crippen molar-refractivity contribution in [3.8, 4) is 0 Å². The number of nitrogens with one attached hydrogen (secondary N) is 1. The van der Waals surface area contributed by atoms with Gasteiger partial charge in [0.1, 0.15) is 0 Å². The van der Waals surface area contributed by atoms with Gasteiger partial charge in [-0.15, -0.1) is 5.53 Å². The molecule has 0 aromatic heterocycles. The van der Waals surface area contributed by atoms with Gasteiger partial charge in [0.25, 0.3) is 0 Å². The molecule has 1 aliphatic carbocycles. The molecule has 0 saturated heterocycles. The van der Waals surface area contributed by atoms with E-state index in [2.05, 4.69) is 36.4 Å². The summed E-state index contributed by atoms with van der Waals surface area (Å²) in [6.07, 6.45) is 2.68. The fourth-order valence-corrected chi connectivity index (χ4v) is 1.42. The minimum atomic E-state index is 0.759. The topological polar surface area (TPSA) is 18.5 Å². The van der Waals surface area contributed by atoms with Gasteiger partial charge in [0.2, 0.25) is 0 Å². The Morgan fingerprint density at radius 2 is 1.91 bits per heavy atom. The van der Waals surface area contributed by atoms with Crippen LogP contribution in [0.4, 0.5) is 0 Å². The minimum Gasteiger partial charge on any atom is -0.296 e. The van der Waals surface area contributed by atoms with Crippen molar-refractivity contribution in [2.24, 2.45) is 0 Å². The molecule has 2 aliphatic rings. The summed E-state index contributed by atoms with van der Waals surface area (Å²) < 4.78 is 0. The molecule has 3 nitrogen and oxygen atoms in total. The van der Waals surface area contributed by atoms with Gasteiger partial charge < -0.3 is 0 Å². The van der Waals surface area contributed by atoms with Crippen LogP contribution in [0.5, 0.6) is 0 Å². The monoisotopic (exact) mass is 153 g/mol. The van der Waals surface area contributed by atoms with Crippen molar-refractivity contribution in [1.29, 1.82) is 0 Å². The van der Waals surface area contributed by atoms with Crippen LogP contribution >= 0.6 is 0 Å². The molecule has 0 spiro atoms. The van der Waals surface area contributed by atoms with Crippen molar-refractivity contribution in [2.45, 2.75) is 32.7 Å². The maximum atomic E-state index is 3.31. The first-order valence-electron chi connectivity index (χ1n) is 4.17. The highest BCUT2D eigenvalue weighted by Gasteiger charge is 2.34. The first-order valence-corrected chi connectivity index (χ1v) is 4.17. The minimum absolute atomic E-state index is 0.759. The van der Waals surface area contributed by atoms with E-state index in [1.54, 1.807) is 0 Å². The standard InChI is InChI=1S/C8H15N3/c1-6-7(2)11(8-4-5-8)9-10(6)3/h8-9H,4-5H2,1-3H3. The van der Waals surface area contributed by atoms with Crippen molar-refractivity contribution < 1.29 is 0 Å². The average molecular weight is 153 g/mol. The molecule has 3 heteroatoms. The first kappa shape index (κ1) is 6.98. The van der Waals surface area contributed by atoms with Crippen molar-refractivity contribution in [1.82, 2.24) is 15.6 Å². The first-order chi connectivity index (χ1) is 5.20. The number of rotatable bonds is 1. The predicted octanol–water partition coefficient (Wildman–Crippen LogP) is 1.07. The molecule has 1 aliphatic heterocycles. The van der Waals surface area contributed by atoms with Crippen LogP contribution in [-0.4, -0.2) is 23.1 Å². The highest BCUT2D eigenvalue weighted by molar-refractivity contribution is 5.13. The van der Waals surface area contributed by atoms with Crippen LogP contribution in [0.2, 0.25) is 0 Å². The molecular weight excluding hydrogens is 138 g/mol. The third kappa shape index (κ3) is 0.997. The SMILES string of the molecule is CC1=C(C)N(C2CC2)NN1C. The second-order valence-electron chi connectivity index (χ2n) is 3.43. The molecule has 2 rings (SSSR count). The summed E-state index contributed by atoms with van der Waals surface area (Å²) in [6, 6.07) is 0.759. The Morgan fingerprint density at radius 3 is 2.27 bits per heavy atom. The summed E-state index contributed by atoms with van der Waals surface area (Å²) in [5.41, 5.74) is 6.01. The Kier molecular flexibility index (Phi) is 1.36. The van der Waals surface area contributed by atoms with E-state index in [0.717, 1.165) is 6.04 Å². The largest absolute Gasteiger partial charge is 0.296 e. The van der Waals surface area contributed by atoms with Gasteiger partial charge in [-0.25, -0.2) is 0 Å². The molecule has 0 atom stereocenters. The van der Waals surface area contributed by atoms with E-state index in [1.165, 1.54) is 24.2 Å². The van der Waals surface area contributed by atoms with Gasteiger partial charge in [-0.3, -0.25) is 10.0 Å². The lowest BCUT2D eigenvalue weighted by Crippen LogP contribution is -2.40. The number of allylic oxidation sites excluding steroid dienone is 2. The Bertz CT molecular complexity index is 205. The highest BCUT2D eigenvalue weighted by Crippen LogP contribution is 2.32. The van der Waals surface area contributed by atoms with Crippen LogP contribution < -0.4 is 5.53 Å². The molecule has 1 heterocycles. The summed E-state index contributed by atoms with van der Waals surface area (Å²) in [4.78, 5) is 0. The van der Waals surface area contributed by atoms with E-state index in [9.17, 15) is 0 Å². The third-order valence-electron chi connectivity index (χ3n) is 2.56. The van der Waals surface area contributed by atoms with Crippen LogP contribution in [0, 0.1) is 0 Å². The Morgan fingerprint density at radius 1 is 1.27 bits per heavy atom. The Labute approximate surface area is 67.6 Å². The zero-order valence-electron chi connectivity index (χ0n) is 7.39. The number of hydrazine groups is 2. The molecule has 1 fully saturated rings. The lowest BCUT2D eigenvalue weighted by atomic mass is 10.3. The van der Waals surface area contributed by atoms with E-state index < -0.39 is 0 Å². The van der Waals surface area contributed by atoms with Crippen LogP contribution in [0.15, 0.2) is 11.4 Å². The second-order valence-corrected chi connectivity index (χ2v) is 3.43. The van der Waals surface area contributed by atoms with Crippen molar-refractivity contribution in [3.63, 3.8) is 0 Å². The van der Waals surface area contributed by atoms with Crippen LogP contribution in [0.3, 0.4) is 0 Å². The van der Waals surface area contributed by atoms with E-state index in [-0.39, 0.29) is 0 Å². The molecule has 0 bridgehead atoms. The maximum absolute atomic E-state index is 3.31. The average Bonchev–Trinajstić information content (AvgIpc) is 2.76. The molecule has 1 N–H and O–H groups in total. The lowest BCUT2D eigenvalue weighted by molar-refractivity contribution is 0.139. The Balaban J connectivity index is 2.15. The normalized spacial score (nSPS) is 25.4. The smallest absolute Gasteiger partial charge is 0.0487 e. The molecule has 11 heavy (non-hydrogen) atoms. The van der Waals surface area contributed by atoms with Gasteiger partial charge in [-0.2, -0.15) is 0 Å². The van der Waals surface area contributed by atoms with Crippen LogP contribution in [0.1, 0.15) is 26.7 Å². The van der Waals surface area contributed by atoms with Gasteiger partial charge in [0.05, 0.1) is 0 Å². The summed E-state index contributed by atoms with van der Waals surface area (Å²) in [7, 11) is 2.06. The van der Waals surface area contributed by atoms with Gasteiger partial charge in [-0.1, -0.05) is 0 Å². The molecule has 0 radical (unpaired) electrons. The van der Waals surface area contributed by atoms with Crippen LogP contribution in [0.25, 0.3) is 0 Å². The van der Waals surface area contributed by atoms with E-state index in [1.807, 2.05) is 0 Å². The van der Waals surface area contributed by atoms with Crippen LogP contribution in [-0.2, 0) is 0 Å². The summed E-state index contributed by atoms with van der Waals surface area (Å²) in [6.45, 7) is 4.31. The molecule has 62 valence electrons. The number of nitrogens with zero attached hydrogens (tertiary/aromatic N) is 2. The van der Waals surface area contributed by atoms with Gasteiger partial charge in [0, 0.05) is 24.5 Å². The van der Waals surface area contributed by atoms with Gasteiger partial charge in [-0.05, 0) is 26.7 Å². The van der Waals surface area contributed by atoms with E-state index in [0.29, 0.717) is 0 Å². The number of hydrogen-bond donors (Lipinski definition) is 1. The van der Waals surface area contributed by atoms with Crippen molar-refractivity contribution in [2.75, 3.05) is 7.05 Å². The fraction of sp³-hybridized carbons (Fsp3) is 0.750. The maximum Gasteiger partial charge on any atom is 0.0487 e. The van der Waals surface area contributed by atoms with E-state index in [4.69, 9.17) is 0 Å². The number of hydrogen-bond acceptors (Lipinski definition) is 3. The molecule has 0 aromatic carbocycles. The summed E-state index contributed by atoms with van der Waals surface area (Å²) in [5.74, 6) is 0. The third-order valence-corrected chi connectivity index (χ3v) is 2.56. The zero-order valence-corrected chi connectivity index (χ0v) is 7.39. The quantitative estimate of drug-likeness (QED) is 0.608. The summed E-state index contributed by atoms with van der Waals surface area (Å²) in [5, 5.41) is 4.35. The van der Waals surface area contributed by atoms with Gasteiger partial charge in [0.15, 0.2) is 0 Å². The molecule has 1 saturated carbocycles. The molecular formula is C8H15N3. The summed E-state index contributed by atoms with van der Waals surface area (Å²) >= 11 is 0.